The second-order valence-corrected chi connectivity index (χ2v) is 5.41. The highest BCUT2D eigenvalue weighted by Crippen LogP contribution is 2.20. The van der Waals surface area contributed by atoms with E-state index in [0.29, 0.717) is 12.3 Å². The SMILES string of the molecule is CCc1ccsc1C(=O)NCc1ccccc1OCCO. The number of carbonyl (C=O) groups excluding carboxylic acids is 1. The fourth-order valence-electron chi connectivity index (χ4n) is 2.02. The van der Waals surface area contributed by atoms with E-state index in [1.54, 1.807) is 0 Å². The number of aliphatic hydroxyl groups is 1. The second-order valence-electron chi connectivity index (χ2n) is 4.49. The monoisotopic (exact) mass is 305 g/mol. The Morgan fingerprint density at radius 3 is 2.86 bits per heavy atom. The second kappa shape index (κ2) is 7.81. The number of hydrogen-bond donors (Lipinski definition) is 2. The molecule has 0 aliphatic rings. The van der Waals surface area contributed by atoms with Crippen molar-refractivity contribution in [2.45, 2.75) is 19.9 Å². The van der Waals surface area contributed by atoms with Crippen molar-refractivity contribution in [3.8, 4) is 5.75 Å². The molecule has 1 amide bonds. The number of aliphatic hydroxyl groups excluding tert-OH is 1. The van der Waals surface area contributed by atoms with Crippen LogP contribution in [0.5, 0.6) is 5.75 Å². The first-order valence-electron chi connectivity index (χ1n) is 6.92. The standard InChI is InChI=1S/C16H19NO3S/c1-2-12-7-10-21-15(12)16(19)17-11-13-5-3-4-6-14(13)20-9-8-18/h3-7,10,18H,2,8-9,11H2,1H3,(H,17,19). The molecule has 0 saturated carbocycles. The molecular formula is C16H19NO3S. The summed E-state index contributed by atoms with van der Waals surface area (Å²) in [6.45, 7) is 2.66. The lowest BCUT2D eigenvalue weighted by atomic mass is 10.2. The number of thiophene rings is 1. The van der Waals surface area contributed by atoms with E-state index in [2.05, 4.69) is 5.32 Å². The van der Waals surface area contributed by atoms with E-state index in [1.165, 1.54) is 11.3 Å². The summed E-state index contributed by atoms with van der Waals surface area (Å²) in [6.07, 6.45) is 0.850. The molecule has 5 heteroatoms. The van der Waals surface area contributed by atoms with Crippen LogP contribution in [0.25, 0.3) is 0 Å². The minimum Gasteiger partial charge on any atom is -0.491 e. The molecule has 1 aromatic carbocycles. The third kappa shape index (κ3) is 4.06. The first-order chi connectivity index (χ1) is 10.3. The molecule has 0 bridgehead atoms. The van der Waals surface area contributed by atoms with Crippen LogP contribution in [0.2, 0.25) is 0 Å². The van der Waals surface area contributed by atoms with Crippen LogP contribution < -0.4 is 10.1 Å². The van der Waals surface area contributed by atoms with E-state index in [1.807, 2.05) is 42.6 Å². The van der Waals surface area contributed by atoms with Crippen molar-refractivity contribution in [1.29, 1.82) is 0 Å². The van der Waals surface area contributed by atoms with Crippen molar-refractivity contribution in [3.63, 3.8) is 0 Å². The maximum atomic E-state index is 12.2. The molecule has 4 nitrogen and oxygen atoms in total. The molecule has 0 aliphatic heterocycles. The zero-order valence-corrected chi connectivity index (χ0v) is 12.8. The molecule has 0 unspecified atom stereocenters. The number of ether oxygens (including phenoxy) is 1. The summed E-state index contributed by atoms with van der Waals surface area (Å²) in [4.78, 5) is 13.0. The van der Waals surface area contributed by atoms with Gasteiger partial charge >= 0.3 is 0 Å². The summed E-state index contributed by atoms with van der Waals surface area (Å²) >= 11 is 1.46. The van der Waals surface area contributed by atoms with Crippen LogP contribution in [0.3, 0.4) is 0 Å². The zero-order chi connectivity index (χ0) is 15.1. The quantitative estimate of drug-likeness (QED) is 0.826. The van der Waals surface area contributed by atoms with Gasteiger partial charge in [0, 0.05) is 12.1 Å². The van der Waals surface area contributed by atoms with Crippen molar-refractivity contribution < 1.29 is 14.6 Å². The number of hydrogen-bond acceptors (Lipinski definition) is 4. The Morgan fingerprint density at radius 1 is 1.29 bits per heavy atom. The van der Waals surface area contributed by atoms with E-state index in [9.17, 15) is 4.79 Å². The third-order valence-electron chi connectivity index (χ3n) is 3.09. The summed E-state index contributed by atoms with van der Waals surface area (Å²) < 4.78 is 5.46. The molecule has 0 aliphatic carbocycles. The molecule has 21 heavy (non-hydrogen) atoms. The molecule has 2 rings (SSSR count). The molecule has 2 N–H and O–H groups in total. The summed E-state index contributed by atoms with van der Waals surface area (Å²) in [5, 5.41) is 13.7. The van der Waals surface area contributed by atoms with Crippen LogP contribution in [0.4, 0.5) is 0 Å². The van der Waals surface area contributed by atoms with Crippen molar-refractivity contribution in [1.82, 2.24) is 5.32 Å². The average Bonchev–Trinajstić information content (AvgIpc) is 3.00. The predicted octanol–water partition coefficient (Wildman–Crippen LogP) is 2.61. The van der Waals surface area contributed by atoms with Gasteiger partial charge in [-0.3, -0.25) is 4.79 Å². The Balaban J connectivity index is 2.01. The fraction of sp³-hybridized carbons (Fsp3) is 0.312. The van der Waals surface area contributed by atoms with Crippen molar-refractivity contribution in [2.75, 3.05) is 13.2 Å². The summed E-state index contributed by atoms with van der Waals surface area (Å²) in [5.74, 6) is 0.632. The van der Waals surface area contributed by atoms with Gasteiger partial charge in [0.1, 0.15) is 12.4 Å². The Kier molecular flexibility index (Phi) is 5.78. The van der Waals surface area contributed by atoms with Crippen molar-refractivity contribution in [3.05, 3.63) is 51.7 Å². The summed E-state index contributed by atoms with van der Waals surface area (Å²) in [7, 11) is 0. The maximum absolute atomic E-state index is 12.2. The van der Waals surface area contributed by atoms with Gasteiger partial charge in [-0.15, -0.1) is 11.3 Å². The average molecular weight is 305 g/mol. The first-order valence-corrected chi connectivity index (χ1v) is 7.80. The Morgan fingerprint density at radius 2 is 2.10 bits per heavy atom. The highest BCUT2D eigenvalue weighted by atomic mass is 32.1. The number of aryl methyl sites for hydroxylation is 1. The molecule has 0 atom stereocenters. The molecule has 112 valence electrons. The van der Waals surface area contributed by atoms with Crippen LogP contribution in [0.1, 0.15) is 27.7 Å². The van der Waals surface area contributed by atoms with Gasteiger partial charge in [0.15, 0.2) is 0 Å². The van der Waals surface area contributed by atoms with Crippen LogP contribution in [-0.2, 0) is 13.0 Å². The van der Waals surface area contributed by atoms with Gasteiger partial charge in [0.25, 0.3) is 5.91 Å². The van der Waals surface area contributed by atoms with E-state index in [4.69, 9.17) is 9.84 Å². The highest BCUT2D eigenvalue weighted by Gasteiger charge is 2.12. The number of nitrogens with one attached hydrogen (secondary N) is 1. The topological polar surface area (TPSA) is 58.6 Å². The Labute approximate surface area is 128 Å². The van der Waals surface area contributed by atoms with Gasteiger partial charge in [-0.1, -0.05) is 25.1 Å². The van der Waals surface area contributed by atoms with E-state index < -0.39 is 0 Å². The molecule has 1 aromatic heterocycles. The van der Waals surface area contributed by atoms with Gasteiger partial charge in [-0.2, -0.15) is 0 Å². The smallest absolute Gasteiger partial charge is 0.261 e. The number of rotatable bonds is 7. The maximum Gasteiger partial charge on any atom is 0.261 e. The van der Waals surface area contributed by atoms with Crippen molar-refractivity contribution >= 4 is 17.2 Å². The largest absolute Gasteiger partial charge is 0.491 e. The Bertz CT molecular complexity index is 595. The van der Waals surface area contributed by atoms with Gasteiger partial charge in [0.2, 0.25) is 0 Å². The van der Waals surface area contributed by atoms with Crippen LogP contribution in [-0.4, -0.2) is 24.2 Å². The fourth-order valence-corrected chi connectivity index (χ4v) is 2.93. The molecule has 1 heterocycles. The van der Waals surface area contributed by atoms with Gasteiger partial charge in [-0.05, 0) is 29.5 Å². The van der Waals surface area contributed by atoms with Crippen LogP contribution >= 0.6 is 11.3 Å². The molecule has 0 fully saturated rings. The lowest BCUT2D eigenvalue weighted by Crippen LogP contribution is -2.23. The van der Waals surface area contributed by atoms with Gasteiger partial charge in [-0.25, -0.2) is 0 Å². The number of benzene rings is 1. The Hall–Kier alpha value is -1.85. The van der Waals surface area contributed by atoms with E-state index in [0.717, 1.165) is 22.4 Å². The highest BCUT2D eigenvalue weighted by molar-refractivity contribution is 7.12. The number of carbonyl (C=O) groups is 1. The molecule has 0 saturated heterocycles. The lowest BCUT2D eigenvalue weighted by molar-refractivity contribution is 0.0953. The van der Waals surface area contributed by atoms with E-state index >= 15 is 0 Å². The number of para-hydroxylation sites is 1. The summed E-state index contributed by atoms with van der Waals surface area (Å²) in [6, 6.07) is 9.49. The predicted molar refractivity (Wildman–Crippen MR) is 83.9 cm³/mol. The van der Waals surface area contributed by atoms with Crippen molar-refractivity contribution in [2.24, 2.45) is 0 Å². The van der Waals surface area contributed by atoms with E-state index in [-0.39, 0.29) is 19.1 Å². The van der Waals surface area contributed by atoms with Gasteiger partial charge in [0.05, 0.1) is 11.5 Å². The molecule has 2 aromatic rings. The zero-order valence-electron chi connectivity index (χ0n) is 12.0. The minimum atomic E-state index is -0.0567. The molecule has 0 spiro atoms. The minimum absolute atomic E-state index is 0.0320. The normalized spacial score (nSPS) is 10.4. The lowest BCUT2D eigenvalue weighted by Gasteiger charge is -2.11. The van der Waals surface area contributed by atoms with Gasteiger partial charge < -0.3 is 15.2 Å². The summed E-state index contributed by atoms with van der Waals surface area (Å²) in [5.41, 5.74) is 1.97. The third-order valence-corrected chi connectivity index (χ3v) is 4.05. The molecular weight excluding hydrogens is 286 g/mol. The first kappa shape index (κ1) is 15.5. The molecule has 0 radical (unpaired) electrons. The van der Waals surface area contributed by atoms with Crippen LogP contribution in [0, 0.1) is 0 Å². The van der Waals surface area contributed by atoms with Crippen LogP contribution in [0.15, 0.2) is 35.7 Å². The number of amides is 1.